The van der Waals surface area contributed by atoms with Crippen molar-refractivity contribution in [1.29, 1.82) is 0 Å². The molecular weight excluding hydrogens is 1180 g/mol. The van der Waals surface area contributed by atoms with E-state index >= 15 is 0 Å². The van der Waals surface area contributed by atoms with E-state index in [9.17, 15) is 0 Å². The highest BCUT2D eigenvalue weighted by atomic mass is 79.9. The second-order valence-corrected chi connectivity index (χ2v) is 18.2. The molecule has 0 aromatic heterocycles. The van der Waals surface area contributed by atoms with Crippen molar-refractivity contribution >= 4 is 181 Å². The quantitative estimate of drug-likeness (QED) is 0.132. The maximum absolute atomic E-state index is 6.37. The van der Waals surface area contributed by atoms with Crippen LogP contribution in [0, 0.1) is 0 Å². The minimum absolute atomic E-state index is 0.352. The van der Waals surface area contributed by atoms with Gasteiger partial charge in [0.15, 0.2) is 0 Å². The van der Waals surface area contributed by atoms with E-state index in [-0.39, 0.29) is 0 Å². The monoisotopic (exact) mass is 1190 g/mol. The minimum atomic E-state index is 0.352. The van der Waals surface area contributed by atoms with Crippen LogP contribution in [0.5, 0.6) is 11.5 Å². The van der Waals surface area contributed by atoms with E-state index in [0.29, 0.717) is 29.3 Å². The third-order valence-electron chi connectivity index (χ3n) is 6.42. The predicted octanol–water partition coefficient (Wildman–Crippen LogP) is 14.0. The first-order valence-electron chi connectivity index (χ1n) is 12.4. The van der Waals surface area contributed by atoms with Gasteiger partial charge < -0.3 is 9.47 Å². The van der Waals surface area contributed by atoms with Crippen LogP contribution in [0.2, 0.25) is 0 Å². The van der Waals surface area contributed by atoms with E-state index in [1.165, 1.54) is 11.1 Å². The van der Waals surface area contributed by atoms with Crippen molar-refractivity contribution in [1.82, 2.24) is 0 Å². The fourth-order valence-electron chi connectivity index (χ4n) is 4.48. The number of hydrogen-bond acceptors (Lipinski definition) is 2. The van der Waals surface area contributed by atoms with Gasteiger partial charge in [0.1, 0.15) is 11.5 Å². The van der Waals surface area contributed by atoms with Crippen molar-refractivity contribution in [2.24, 2.45) is 0 Å². The van der Waals surface area contributed by atoms with Gasteiger partial charge in [-0.25, -0.2) is 0 Å². The molecule has 0 saturated heterocycles. The summed E-state index contributed by atoms with van der Waals surface area (Å²) in [5.74, 6) is 1.67. The zero-order valence-corrected chi connectivity index (χ0v) is 37.0. The molecule has 2 atom stereocenters. The zero-order valence-electron chi connectivity index (χ0n) is 21.2. The van der Waals surface area contributed by atoms with Gasteiger partial charge in [-0.3, -0.25) is 0 Å². The second kappa shape index (κ2) is 16.6. The predicted molar refractivity (Wildman–Crippen MR) is 210 cm³/mol. The number of rotatable bonds is 12. The minimum Gasteiger partial charge on any atom is -0.492 e. The van der Waals surface area contributed by atoms with Gasteiger partial charge in [0.25, 0.3) is 0 Å². The number of hydrogen-bond donors (Lipinski definition) is 0. The van der Waals surface area contributed by atoms with Crippen molar-refractivity contribution in [3.05, 3.63) is 74.4 Å². The van der Waals surface area contributed by atoms with E-state index in [1.54, 1.807) is 0 Å². The molecule has 0 aliphatic carbocycles. The van der Waals surface area contributed by atoms with E-state index in [1.807, 2.05) is 0 Å². The average Bonchev–Trinajstić information content (AvgIpc) is 2.93. The van der Waals surface area contributed by atoms with Crippen LogP contribution in [-0.4, -0.2) is 33.5 Å². The topological polar surface area (TPSA) is 18.5 Å². The molecule has 0 aliphatic heterocycles. The molecule has 0 bridgehead atoms. The van der Waals surface area contributed by atoms with Crippen LogP contribution in [0.25, 0.3) is 21.5 Å². The smallest absolute Gasteiger partial charge is 0.142 e. The molecule has 0 spiro atoms. The molecule has 0 amide bonds. The van der Waals surface area contributed by atoms with Crippen molar-refractivity contribution < 1.29 is 9.47 Å². The first-order chi connectivity index (χ1) is 19.6. The summed E-state index contributed by atoms with van der Waals surface area (Å²) >= 11 is 37.2. The van der Waals surface area contributed by atoms with Crippen LogP contribution in [0.15, 0.2) is 63.2 Å². The highest BCUT2D eigenvalue weighted by Crippen LogP contribution is 2.47. The summed E-state index contributed by atoms with van der Waals surface area (Å²) in [6.45, 7) is 1.20. The van der Waals surface area contributed by atoms with E-state index < -0.39 is 0 Å². The molecule has 2 unspecified atom stereocenters. The summed E-state index contributed by atoms with van der Waals surface area (Å²) in [6.07, 6.45) is 2.49. The molecule has 0 radical (unpaired) electrons. The number of ether oxygens (including phenoxy) is 2. The molecule has 0 heterocycles. The van der Waals surface area contributed by atoms with Crippen molar-refractivity contribution in [2.45, 2.75) is 28.9 Å². The fraction of sp³-hybridized carbons (Fsp3) is 0.310. The summed E-state index contributed by atoms with van der Waals surface area (Å²) < 4.78 is 18.5. The van der Waals surface area contributed by atoms with Crippen LogP contribution in [0.3, 0.4) is 0 Å². The molecule has 0 aliphatic rings. The first-order valence-corrected chi connectivity index (χ1v) is 21.2. The van der Waals surface area contributed by atoms with Crippen molar-refractivity contribution in [2.75, 3.05) is 23.9 Å². The van der Waals surface area contributed by atoms with Crippen LogP contribution in [-0.2, 0) is 6.42 Å². The van der Waals surface area contributed by atoms with Crippen LogP contribution in [0.4, 0.5) is 0 Å². The van der Waals surface area contributed by atoms with E-state index in [0.717, 1.165) is 83.4 Å². The Kier molecular flexibility index (Phi) is 14.4. The zero-order chi connectivity index (χ0) is 29.8. The van der Waals surface area contributed by atoms with Gasteiger partial charge in [-0.2, -0.15) is 0 Å². The van der Waals surface area contributed by atoms with Crippen molar-refractivity contribution in [3.8, 4) is 11.5 Å². The van der Waals surface area contributed by atoms with Crippen LogP contribution in [0.1, 0.15) is 24.0 Å². The van der Waals surface area contributed by atoms with Gasteiger partial charge >= 0.3 is 0 Å². The Hall–Kier alpha value is 1.80. The Morgan fingerprint density at radius 2 is 0.902 bits per heavy atom. The molecule has 41 heavy (non-hydrogen) atoms. The summed E-state index contributed by atoms with van der Waals surface area (Å²) in [6, 6.07) is 12.7. The molecule has 0 N–H and O–H groups in total. The summed E-state index contributed by atoms with van der Waals surface area (Å²) in [5, 5.41) is 6.06. The molecular formula is C29H22Br10O2. The lowest BCUT2D eigenvalue weighted by atomic mass is 9.94. The van der Waals surface area contributed by atoms with Gasteiger partial charge in [-0.15, -0.1) is 0 Å². The third-order valence-corrected chi connectivity index (χ3v) is 15.0. The fourth-order valence-corrected chi connectivity index (χ4v) is 9.58. The molecule has 4 aromatic carbocycles. The molecule has 2 nitrogen and oxygen atoms in total. The maximum Gasteiger partial charge on any atom is 0.142 e. The highest BCUT2D eigenvalue weighted by molar-refractivity contribution is 9.13. The number of halogens is 10. The highest BCUT2D eigenvalue weighted by Gasteiger charge is 2.21. The summed E-state index contributed by atoms with van der Waals surface area (Å²) in [4.78, 5) is 0.704. The standard InChI is InChI=1S/C29H22Br10O2/c30-12-16(32)5-7-40-28-22(38)10-20(36)24-14(1-3-18(34)26(24)28)9-15-2-4-19(35)27-25(15)21(37)11-23(39)29(27)41-8-6-17(33)13-31/h1-4,10-11,16-17H,5-9,12-13H2. The van der Waals surface area contributed by atoms with Gasteiger partial charge in [0.2, 0.25) is 0 Å². The molecule has 0 saturated carbocycles. The SMILES string of the molecule is BrCC(Br)CCOc1c(Br)cc(Br)c2c(Cc3ccc(Br)c4c(OCCC(Br)CBr)c(Br)cc(Br)c34)ccc(Br)c12. The lowest BCUT2D eigenvalue weighted by molar-refractivity contribution is 0.314. The Bertz CT molecular complexity index is 1440. The third kappa shape index (κ3) is 8.59. The van der Waals surface area contributed by atoms with Gasteiger partial charge in [-0.05, 0) is 86.5 Å². The van der Waals surface area contributed by atoms with Crippen LogP contribution >= 0.6 is 159 Å². The van der Waals surface area contributed by atoms with Crippen LogP contribution < -0.4 is 9.47 Å². The normalized spacial score (nSPS) is 13.1. The number of alkyl halides is 4. The average molecular weight is 1200 g/mol. The first kappa shape index (κ1) is 35.7. The summed E-state index contributed by atoms with van der Waals surface area (Å²) in [5.41, 5.74) is 2.37. The Morgan fingerprint density at radius 1 is 0.512 bits per heavy atom. The second-order valence-electron chi connectivity index (χ2n) is 9.21. The molecule has 4 rings (SSSR count). The molecule has 0 fully saturated rings. The van der Waals surface area contributed by atoms with Gasteiger partial charge in [-0.1, -0.05) is 140 Å². The van der Waals surface area contributed by atoms with Gasteiger partial charge in [0.05, 0.1) is 22.2 Å². The van der Waals surface area contributed by atoms with E-state index in [2.05, 4.69) is 196 Å². The Balaban J connectivity index is 1.81. The number of benzene rings is 4. The lowest BCUT2D eigenvalue weighted by Gasteiger charge is -2.19. The molecule has 12 heteroatoms. The Morgan fingerprint density at radius 3 is 1.27 bits per heavy atom. The van der Waals surface area contributed by atoms with Gasteiger partial charge in [0, 0.05) is 59.8 Å². The maximum atomic E-state index is 6.37. The lowest BCUT2D eigenvalue weighted by Crippen LogP contribution is -2.08. The summed E-state index contributed by atoms with van der Waals surface area (Å²) in [7, 11) is 0. The van der Waals surface area contributed by atoms with Crippen molar-refractivity contribution in [3.63, 3.8) is 0 Å². The Labute approximate surface area is 324 Å². The molecule has 4 aromatic rings. The largest absolute Gasteiger partial charge is 0.492 e. The van der Waals surface area contributed by atoms with E-state index in [4.69, 9.17) is 9.47 Å². The molecule has 220 valence electrons. The number of fused-ring (bicyclic) bond motifs is 2.